The van der Waals surface area contributed by atoms with Gasteiger partial charge in [0.15, 0.2) is 0 Å². The summed E-state index contributed by atoms with van der Waals surface area (Å²) in [5.74, 6) is -1.91. The first kappa shape index (κ1) is 24.5. The maximum absolute atomic E-state index is 14.1. The minimum absolute atomic E-state index is 0.127. The molecule has 1 spiro atoms. The number of carbonyl (C=O) groups is 1. The fourth-order valence-corrected chi connectivity index (χ4v) is 6.32. The Balaban J connectivity index is 1.09. The predicted octanol–water partition coefficient (Wildman–Crippen LogP) is 4.78. The van der Waals surface area contributed by atoms with Crippen molar-refractivity contribution >= 4 is 23.0 Å². The second-order valence-electron chi connectivity index (χ2n) is 10.5. The van der Waals surface area contributed by atoms with Gasteiger partial charge in [0.2, 0.25) is 0 Å². The molecule has 2 aliphatic heterocycles. The minimum atomic E-state index is -1.24. The smallest absolute Gasteiger partial charge is 0.338 e. The first-order valence-corrected chi connectivity index (χ1v) is 12.8. The molecule has 2 aromatic rings. The molecule has 192 valence electrons. The number of nitro groups is 1. The Morgan fingerprint density at radius 2 is 1.47 bits per heavy atom. The molecular weight excluding hydrogens is 463 g/mol. The van der Waals surface area contributed by atoms with E-state index in [0.717, 1.165) is 63.5 Å². The number of anilines is 2. The molecule has 1 saturated carbocycles. The predicted molar refractivity (Wildman–Crippen MR) is 136 cm³/mol. The molecule has 8 nitrogen and oxygen atoms in total. The lowest BCUT2D eigenvalue weighted by Crippen LogP contribution is -2.52. The number of non-ortho nitro benzene ring substituents is 1. The first-order valence-electron chi connectivity index (χ1n) is 12.8. The van der Waals surface area contributed by atoms with Gasteiger partial charge >= 0.3 is 5.97 Å². The molecule has 3 aliphatic rings. The largest absolute Gasteiger partial charge is 0.478 e. The topological polar surface area (TPSA) is 90.2 Å². The Morgan fingerprint density at radius 3 is 2.03 bits per heavy atom. The van der Waals surface area contributed by atoms with Crippen LogP contribution in [0.15, 0.2) is 42.5 Å². The van der Waals surface area contributed by atoms with E-state index in [1.807, 2.05) is 12.1 Å². The molecule has 2 aromatic carbocycles. The van der Waals surface area contributed by atoms with Crippen LogP contribution in [0.5, 0.6) is 0 Å². The van der Waals surface area contributed by atoms with Crippen molar-refractivity contribution in [2.75, 3.05) is 49.1 Å². The average molecular weight is 497 g/mol. The van der Waals surface area contributed by atoms with Gasteiger partial charge in [-0.2, -0.15) is 0 Å². The molecule has 0 bridgehead atoms. The molecule has 36 heavy (non-hydrogen) atoms. The summed E-state index contributed by atoms with van der Waals surface area (Å²) in [4.78, 5) is 28.7. The number of halogens is 1. The van der Waals surface area contributed by atoms with Crippen molar-refractivity contribution in [2.24, 2.45) is 5.41 Å². The quantitative estimate of drug-likeness (QED) is 0.470. The molecular formula is C27H33FN4O4. The third-order valence-electron chi connectivity index (χ3n) is 8.64. The van der Waals surface area contributed by atoms with Crippen molar-refractivity contribution in [3.63, 3.8) is 0 Å². The van der Waals surface area contributed by atoms with Crippen molar-refractivity contribution in [3.8, 4) is 0 Å². The maximum Gasteiger partial charge on any atom is 0.338 e. The maximum atomic E-state index is 14.1. The van der Waals surface area contributed by atoms with Crippen LogP contribution in [0.3, 0.4) is 0 Å². The van der Waals surface area contributed by atoms with E-state index in [-0.39, 0.29) is 16.2 Å². The standard InChI is InChI=1S/C27H33FN4O4/c28-25-19-23(5-6-24(25)26(33)34)29-13-11-27(12-14-29)9-7-21(8-10-27)31-17-15-30(16-18-31)20-1-3-22(4-2-20)32(35)36/h1-6,19,21H,7-18H2,(H,33,34). The summed E-state index contributed by atoms with van der Waals surface area (Å²) in [6.07, 6.45) is 7.05. The fraction of sp³-hybridized carbons (Fsp3) is 0.519. The minimum Gasteiger partial charge on any atom is -0.478 e. The number of carboxylic acids is 1. The van der Waals surface area contributed by atoms with Crippen molar-refractivity contribution < 1.29 is 19.2 Å². The molecule has 0 radical (unpaired) electrons. The van der Waals surface area contributed by atoms with Crippen LogP contribution in [-0.2, 0) is 0 Å². The number of piperidine rings is 1. The summed E-state index contributed by atoms with van der Waals surface area (Å²) in [6, 6.07) is 11.9. The zero-order valence-electron chi connectivity index (χ0n) is 20.4. The van der Waals surface area contributed by atoms with Crippen LogP contribution in [0, 0.1) is 21.3 Å². The average Bonchev–Trinajstić information content (AvgIpc) is 2.89. The van der Waals surface area contributed by atoms with Crippen LogP contribution in [0.4, 0.5) is 21.5 Å². The SMILES string of the molecule is O=C(O)c1ccc(N2CCC3(CCC(N4CCN(c5ccc([N+](=O)[O-])cc5)CC4)CC3)CC2)cc1F. The number of benzene rings is 2. The van der Waals surface area contributed by atoms with Crippen LogP contribution in [0.1, 0.15) is 48.9 Å². The Bertz CT molecular complexity index is 1100. The lowest BCUT2D eigenvalue weighted by atomic mass is 9.66. The van der Waals surface area contributed by atoms with Gasteiger partial charge in [-0.3, -0.25) is 15.0 Å². The summed E-state index contributed by atoms with van der Waals surface area (Å²) < 4.78 is 14.1. The number of nitro benzene ring substituents is 1. The summed E-state index contributed by atoms with van der Waals surface area (Å²) in [6.45, 7) is 5.66. The monoisotopic (exact) mass is 496 g/mol. The van der Waals surface area contributed by atoms with E-state index in [1.54, 1.807) is 18.2 Å². The van der Waals surface area contributed by atoms with E-state index >= 15 is 0 Å². The molecule has 0 unspecified atom stereocenters. The summed E-state index contributed by atoms with van der Waals surface area (Å²) in [7, 11) is 0. The number of hydrogen-bond acceptors (Lipinski definition) is 6. The van der Waals surface area contributed by atoms with Gasteiger partial charge in [0.1, 0.15) is 5.82 Å². The summed E-state index contributed by atoms with van der Waals surface area (Å²) >= 11 is 0. The number of hydrogen-bond donors (Lipinski definition) is 1. The van der Waals surface area contributed by atoms with Gasteiger partial charge in [-0.05, 0) is 74.3 Å². The molecule has 1 aliphatic carbocycles. The molecule has 0 aromatic heterocycles. The van der Waals surface area contributed by atoms with E-state index in [9.17, 15) is 19.3 Å². The highest BCUT2D eigenvalue weighted by atomic mass is 19.1. The number of piperazine rings is 1. The van der Waals surface area contributed by atoms with Gasteiger partial charge in [0, 0.05) is 68.8 Å². The zero-order valence-corrected chi connectivity index (χ0v) is 20.4. The van der Waals surface area contributed by atoms with Crippen molar-refractivity contribution in [3.05, 3.63) is 64.0 Å². The van der Waals surface area contributed by atoms with E-state index in [2.05, 4.69) is 14.7 Å². The van der Waals surface area contributed by atoms with Gasteiger partial charge in [0.25, 0.3) is 5.69 Å². The third kappa shape index (κ3) is 5.02. The van der Waals surface area contributed by atoms with Crippen LogP contribution in [-0.4, -0.2) is 66.2 Å². The molecule has 0 amide bonds. The highest BCUT2D eigenvalue weighted by Crippen LogP contribution is 2.46. The van der Waals surface area contributed by atoms with E-state index < -0.39 is 11.8 Å². The summed E-state index contributed by atoms with van der Waals surface area (Å²) in [5.41, 5.74) is 2.04. The Morgan fingerprint density at radius 1 is 0.889 bits per heavy atom. The second-order valence-corrected chi connectivity index (χ2v) is 10.5. The number of nitrogens with zero attached hydrogens (tertiary/aromatic N) is 4. The van der Waals surface area contributed by atoms with Crippen LogP contribution < -0.4 is 9.80 Å². The Kier molecular flexibility index (Phi) is 6.83. The lowest BCUT2D eigenvalue weighted by Gasteiger charge is -2.49. The van der Waals surface area contributed by atoms with Crippen molar-refractivity contribution in [2.45, 2.75) is 44.6 Å². The third-order valence-corrected chi connectivity index (χ3v) is 8.64. The van der Waals surface area contributed by atoms with Crippen molar-refractivity contribution in [1.82, 2.24) is 4.90 Å². The van der Waals surface area contributed by atoms with Crippen LogP contribution >= 0.6 is 0 Å². The zero-order chi connectivity index (χ0) is 25.3. The van der Waals surface area contributed by atoms with Gasteiger partial charge < -0.3 is 14.9 Å². The highest BCUT2D eigenvalue weighted by molar-refractivity contribution is 5.88. The molecule has 1 N–H and O–H groups in total. The highest BCUT2D eigenvalue weighted by Gasteiger charge is 2.40. The molecule has 9 heteroatoms. The first-order chi connectivity index (χ1) is 17.3. The van der Waals surface area contributed by atoms with Gasteiger partial charge in [-0.1, -0.05) is 0 Å². The summed E-state index contributed by atoms with van der Waals surface area (Å²) in [5, 5.41) is 20.0. The van der Waals surface area contributed by atoms with Crippen molar-refractivity contribution in [1.29, 1.82) is 0 Å². The molecule has 2 saturated heterocycles. The molecule has 3 fully saturated rings. The number of rotatable bonds is 5. The molecule has 2 heterocycles. The molecule has 0 atom stereocenters. The van der Waals surface area contributed by atoms with Gasteiger partial charge in [-0.15, -0.1) is 0 Å². The van der Waals surface area contributed by atoms with E-state index in [4.69, 9.17) is 5.11 Å². The van der Waals surface area contributed by atoms with Gasteiger partial charge in [0.05, 0.1) is 10.5 Å². The Labute approximate surface area is 210 Å². The van der Waals surface area contributed by atoms with Crippen LogP contribution in [0.25, 0.3) is 0 Å². The van der Waals surface area contributed by atoms with E-state index in [0.29, 0.717) is 11.5 Å². The van der Waals surface area contributed by atoms with Crippen LogP contribution in [0.2, 0.25) is 0 Å². The molecule has 5 rings (SSSR count). The normalized spacial score (nSPS) is 21.0. The van der Waals surface area contributed by atoms with E-state index in [1.165, 1.54) is 37.8 Å². The number of carboxylic acid groups (broad SMARTS) is 1. The fourth-order valence-electron chi connectivity index (χ4n) is 6.32. The number of aromatic carboxylic acids is 1. The second kappa shape index (κ2) is 10.0. The lowest BCUT2D eigenvalue weighted by molar-refractivity contribution is -0.384. The van der Waals surface area contributed by atoms with Gasteiger partial charge in [-0.25, -0.2) is 9.18 Å². The Hall–Kier alpha value is -3.20.